The second-order valence-electron chi connectivity index (χ2n) is 5.95. The van der Waals surface area contributed by atoms with Crippen molar-refractivity contribution in [3.8, 4) is 0 Å². The van der Waals surface area contributed by atoms with Crippen molar-refractivity contribution in [1.29, 1.82) is 0 Å². The second kappa shape index (κ2) is 7.33. The van der Waals surface area contributed by atoms with Gasteiger partial charge in [0.05, 0.1) is 6.04 Å². The van der Waals surface area contributed by atoms with Gasteiger partial charge in [0.15, 0.2) is 0 Å². The Balaban J connectivity index is 1.50. The molecule has 1 aromatic heterocycles. The van der Waals surface area contributed by atoms with Gasteiger partial charge in [0, 0.05) is 49.9 Å². The summed E-state index contributed by atoms with van der Waals surface area (Å²) >= 11 is 1.97. The molecule has 1 aromatic rings. The molecule has 5 nitrogen and oxygen atoms in total. The molecule has 1 amide bonds. The van der Waals surface area contributed by atoms with E-state index in [2.05, 4.69) is 20.1 Å². The van der Waals surface area contributed by atoms with Crippen LogP contribution >= 0.6 is 11.8 Å². The van der Waals surface area contributed by atoms with Crippen molar-refractivity contribution in [2.45, 2.75) is 25.4 Å². The predicted molar refractivity (Wildman–Crippen MR) is 91.4 cm³/mol. The molecular formula is C16H24N4OS. The highest BCUT2D eigenvalue weighted by atomic mass is 32.2. The first kappa shape index (κ1) is 15.6. The zero-order valence-electron chi connectivity index (χ0n) is 13.1. The molecule has 2 aliphatic heterocycles. The Morgan fingerprint density at radius 3 is 2.91 bits per heavy atom. The van der Waals surface area contributed by atoms with E-state index < -0.39 is 0 Å². The summed E-state index contributed by atoms with van der Waals surface area (Å²) in [6, 6.07) is 6.17. The highest BCUT2D eigenvalue weighted by Gasteiger charge is 2.28. The molecule has 2 saturated heterocycles. The van der Waals surface area contributed by atoms with Gasteiger partial charge >= 0.3 is 0 Å². The number of aromatic nitrogens is 1. The molecule has 0 saturated carbocycles. The molecule has 6 heteroatoms. The smallest absolute Gasteiger partial charge is 0.237 e. The maximum Gasteiger partial charge on any atom is 0.237 e. The average Bonchev–Trinajstić information content (AvgIpc) is 3.04. The van der Waals surface area contributed by atoms with Gasteiger partial charge in [-0.15, -0.1) is 0 Å². The minimum atomic E-state index is -0.0233. The highest BCUT2D eigenvalue weighted by Crippen LogP contribution is 2.18. The third-order valence-corrected chi connectivity index (χ3v) is 5.42. The Bertz CT molecular complexity index is 492. The number of amides is 1. The van der Waals surface area contributed by atoms with Gasteiger partial charge in [-0.2, -0.15) is 11.8 Å². The van der Waals surface area contributed by atoms with Gasteiger partial charge in [0.2, 0.25) is 5.91 Å². The van der Waals surface area contributed by atoms with Crippen molar-refractivity contribution >= 4 is 23.5 Å². The molecule has 120 valence electrons. The largest absolute Gasteiger partial charge is 0.354 e. The molecule has 0 aliphatic carbocycles. The zero-order valence-corrected chi connectivity index (χ0v) is 13.9. The summed E-state index contributed by atoms with van der Waals surface area (Å²) < 4.78 is 0. The van der Waals surface area contributed by atoms with E-state index in [1.807, 2.05) is 43.1 Å². The lowest BCUT2D eigenvalue weighted by atomic mass is 10.2. The SMILES string of the molecule is C[C@@H](C(=O)N[C@@H]1CCN(c2ccccn2)C1)N1CCSCC1. The summed E-state index contributed by atoms with van der Waals surface area (Å²) in [5, 5.41) is 3.22. The van der Waals surface area contributed by atoms with Crippen molar-refractivity contribution in [3.05, 3.63) is 24.4 Å². The van der Waals surface area contributed by atoms with Gasteiger partial charge in [-0.25, -0.2) is 4.98 Å². The number of hydrogen-bond acceptors (Lipinski definition) is 5. The van der Waals surface area contributed by atoms with E-state index >= 15 is 0 Å². The fraction of sp³-hybridized carbons (Fsp3) is 0.625. The summed E-state index contributed by atoms with van der Waals surface area (Å²) in [6.07, 6.45) is 2.81. The molecule has 2 fully saturated rings. The van der Waals surface area contributed by atoms with Crippen molar-refractivity contribution in [2.75, 3.05) is 42.6 Å². The van der Waals surface area contributed by atoms with E-state index in [0.717, 1.165) is 49.9 Å². The van der Waals surface area contributed by atoms with E-state index in [1.165, 1.54) is 0 Å². The van der Waals surface area contributed by atoms with Gasteiger partial charge in [-0.1, -0.05) is 6.07 Å². The third-order valence-electron chi connectivity index (χ3n) is 4.48. The number of carbonyl (C=O) groups excluding carboxylic acids is 1. The molecule has 1 N–H and O–H groups in total. The van der Waals surface area contributed by atoms with Crippen LogP contribution in [0.25, 0.3) is 0 Å². The van der Waals surface area contributed by atoms with Crippen LogP contribution in [0.1, 0.15) is 13.3 Å². The number of thioether (sulfide) groups is 1. The molecule has 22 heavy (non-hydrogen) atoms. The third kappa shape index (κ3) is 3.73. The molecule has 0 unspecified atom stereocenters. The van der Waals surface area contributed by atoms with Crippen molar-refractivity contribution < 1.29 is 4.79 Å². The standard InChI is InChI=1S/C16H24N4OS/c1-13(19-8-10-22-11-9-19)16(21)18-14-5-7-20(12-14)15-4-2-3-6-17-15/h2-4,6,13-14H,5,7-12H2,1H3,(H,18,21)/t13-,14+/m0/s1. The highest BCUT2D eigenvalue weighted by molar-refractivity contribution is 7.99. The van der Waals surface area contributed by atoms with Crippen LogP contribution in [-0.2, 0) is 4.79 Å². The number of rotatable bonds is 4. The van der Waals surface area contributed by atoms with Crippen LogP contribution in [0, 0.1) is 0 Å². The topological polar surface area (TPSA) is 48.5 Å². The normalized spacial score (nSPS) is 24.2. The summed E-state index contributed by atoms with van der Waals surface area (Å²) in [5.41, 5.74) is 0. The summed E-state index contributed by atoms with van der Waals surface area (Å²) in [4.78, 5) is 21.4. The fourth-order valence-electron chi connectivity index (χ4n) is 3.08. The number of carbonyl (C=O) groups is 1. The molecule has 2 aliphatic rings. The lowest BCUT2D eigenvalue weighted by Gasteiger charge is -2.31. The van der Waals surface area contributed by atoms with Gasteiger partial charge in [-0.3, -0.25) is 9.69 Å². The Morgan fingerprint density at radius 2 is 2.18 bits per heavy atom. The summed E-state index contributed by atoms with van der Waals surface area (Å²) in [7, 11) is 0. The fourth-order valence-corrected chi connectivity index (χ4v) is 4.01. The Labute approximate surface area is 136 Å². The number of hydrogen-bond donors (Lipinski definition) is 1. The maximum atomic E-state index is 12.4. The molecule has 3 heterocycles. The molecule has 0 bridgehead atoms. The zero-order chi connectivity index (χ0) is 15.4. The van der Waals surface area contributed by atoms with Crippen LogP contribution in [0.15, 0.2) is 24.4 Å². The lowest BCUT2D eigenvalue weighted by molar-refractivity contribution is -0.126. The van der Waals surface area contributed by atoms with Crippen molar-refractivity contribution in [2.24, 2.45) is 0 Å². The maximum absolute atomic E-state index is 12.4. The molecule has 0 radical (unpaired) electrons. The number of pyridine rings is 1. The van der Waals surface area contributed by atoms with Crippen LogP contribution in [0.4, 0.5) is 5.82 Å². The van der Waals surface area contributed by atoms with Crippen LogP contribution < -0.4 is 10.2 Å². The van der Waals surface area contributed by atoms with Gasteiger partial charge in [-0.05, 0) is 25.5 Å². The van der Waals surface area contributed by atoms with E-state index in [-0.39, 0.29) is 18.0 Å². The first-order valence-corrected chi connectivity index (χ1v) is 9.17. The van der Waals surface area contributed by atoms with Gasteiger partial charge in [0.25, 0.3) is 0 Å². The van der Waals surface area contributed by atoms with Crippen LogP contribution in [0.3, 0.4) is 0 Å². The minimum Gasteiger partial charge on any atom is -0.354 e. The number of anilines is 1. The predicted octanol–water partition coefficient (Wildman–Crippen LogP) is 1.21. The first-order valence-electron chi connectivity index (χ1n) is 8.02. The van der Waals surface area contributed by atoms with E-state index in [9.17, 15) is 4.79 Å². The van der Waals surface area contributed by atoms with Crippen LogP contribution in [0.2, 0.25) is 0 Å². The summed E-state index contributed by atoms with van der Waals surface area (Å²) in [5.74, 6) is 3.43. The van der Waals surface area contributed by atoms with Gasteiger partial charge in [0.1, 0.15) is 5.82 Å². The number of nitrogens with zero attached hydrogens (tertiary/aromatic N) is 3. The Kier molecular flexibility index (Phi) is 5.20. The average molecular weight is 320 g/mol. The summed E-state index contributed by atoms with van der Waals surface area (Å²) in [6.45, 7) is 5.87. The molecular weight excluding hydrogens is 296 g/mol. The Morgan fingerprint density at radius 1 is 1.36 bits per heavy atom. The van der Waals surface area contributed by atoms with Gasteiger partial charge < -0.3 is 10.2 Å². The van der Waals surface area contributed by atoms with Crippen LogP contribution in [0.5, 0.6) is 0 Å². The minimum absolute atomic E-state index is 0.0233. The Hall–Kier alpha value is -1.27. The van der Waals surface area contributed by atoms with E-state index in [4.69, 9.17) is 0 Å². The van der Waals surface area contributed by atoms with Crippen molar-refractivity contribution in [1.82, 2.24) is 15.2 Å². The lowest BCUT2D eigenvalue weighted by Crippen LogP contribution is -2.51. The van der Waals surface area contributed by atoms with Crippen LogP contribution in [-0.4, -0.2) is 65.6 Å². The first-order chi connectivity index (χ1) is 10.7. The molecule has 2 atom stereocenters. The molecule has 0 spiro atoms. The molecule has 0 aromatic carbocycles. The van der Waals surface area contributed by atoms with E-state index in [1.54, 1.807) is 0 Å². The molecule has 3 rings (SSSR count). The monoisotopic (exact) mass is 320 g/mol. The van der Waals surface area contributed by atoms with E-state index in [0.29, 0.717) is 0 Å². The quantitative estimate of drug-likeness (QED) is 0.904. The van der Waals surface area contributed by atoms with Crippen molar-refractivity contribution in [3.63, 3.8) is 0 Å². The second-order valence-corrected chi connectivity index (χ2v) is 7.18. The number of nitrogens with one attached hydrogen (secondary N) is 1.